The summed E-state index contributed by atoms with van der Waals surface area (Å²) in [6.07, 6.45) is 1.32. The second kappa shape index (κ2) is 5.21. The minimum absolute atomic E-state index is 0.124. The number of rotatable bonds is 2. The maximum Gasteiger partial charge on any atom is 0.328 e. The zero-order valence-corrected chi connectivity index (χ0v) is 10.8. The lowest BCUT2D eigenvalue weighted by Crippen LogP contribution is -2.41. The number of nitrogens with zero attached hydrogens (tertiary/aromatic N) is 1. The van der Waals surface area contributed by atoms with Crippen LogP contribution in [0.1, 0.15) is 25.3 Å². The number of anilines is 1. The number of carbonyl (C=O) groups excluding carboxylic acids is 2. The first kappa shape index (κ1) is 12.6. The molecule has 18 heavy (non-hydrogen) atoms. The van der Waals surface area contributed by atoms with Crippen molar-refractivity contribution < 1.29 is 9.59 Å². The predicted octanol–water partition coefficient (Wildman–Crippen LogP) is 2.47. The number of nitrogens with one attached hydrogen (secondary N) is 1. The Labute approximate surface area is 107 Å². The SMILES string of the molecule is CCC1CNC(=O)N(c2ccc(C)cc2)C(=O)C1. The van der Waals surface area contributed by atoms with Gasteiger partial charge in [0.25, 0.3) is 0 Å². The highest BCUT2D eigenvalue weighted by Crippen LogP contribution is 2.21. The number of hydrogen-bond donors (Lipinski definition) is 1. The number of urea groups is 1. The largest absolute Gasteiger partial charge is 0.337 e. The van der Waals surface area contributed by atoms with Gasteiger partial charge in [0, 0.05) is 13.0 Å². The molecule has 1 aromatic carbocycles. The highest BCUT2D eigenvalue weighted by Gasteiger charge is 2.29. The third-order valence-electron chi connectivity index (χ3n) is 3.33. The summed E-state index contributed by atoms with van der Waals surface area (Å²) in [6, 6.07) is 7.09. The Balaban J connectivity index is 2.27. The molecule has 0 aliphatic carbocycles. The molecule has 1 fully saturated rings. The van der Waals surface area contributed by atoms with Gasteiger partial charge in [0.1, 0.15) is 0 Å². The normalized spacial score (nSPS) is 20.6. The third-order valence-corrected chi connectivity index (χ3v) is 3.33. The van der Waals surface area contributed by atoms with Gasteiger partial charge >= 0.3 is 6.03 Å². The fourth-order valence-corrected chi connectivity index (χ4v) is 2.08. The molecule has 0 radical (unpaired) electrons. The average molecular weight is 246 g/mol. The molecule has 1 unspecified atom stereocenters. The van der Waals surface area contributed by atoms with Crippen LogP contribution in [0, 0.1) is 12.8 Å². The Morgan fingerprint density at radius 1 is 1.28 bits per heavy atom. The third kappa shape index (κ3) is 2.53. The molecule has 0 spiro atoms. The molecular formula is C14H18N2O2. The fraction of sp³-hybridized carbons (Fsp3) is 0.429. The summed E-state index contributed by atoms with van der Waals surface area (Å²) in [4.78, 5) is 25.4. The maximum absolute atomic E-state index is 12.1. The second-order valence-electron chi connectivity index (χ2n) is 4.73. The first-order valence-corrected chi connectivity index (χ1v) is 6.29. The van der Waals surface area contributed by atoms with E-state index < -0.39 is 0 Å². The molecule has 4 nitrogen and oxygen atoms in total. The topological polar surface area (TPSA) is 49.4 Å². The van der Waals surface area contributed by atoms with Crippen LogP contribution in [0.4, 0.5) is 10.5 Å². The molecule has 1 N–H and O–H groups in total. The van der Waals surface area contributed by atoms with Crippen LogP contribution in [-0.4, -0.2) is 18.5 Å². The minimum Gasteiger partial charge on any atom is -0.337 e. The number of amides is 3. The molecule has 96 valence electrons. The van der Waals surface area contributed by atoms with Gasteiger partial charge in [0.05, 0.1) is 5.69 Å². The van der Waals surface area contributed by atoms with Crippen LogP contribution in [0.3, 0.4) is 0 Å². The van der Waals surface area contributed by atoms with Crippen LogP contribution in [0.2, 0.25) is 0 Å². The maximum atomic E-state index is 12.1. The van der Waals surface area contributed by atoms with E-state index in [-0.39, 0.29) is 17.9 Å². The van der Waals surface area contributed by atoms with Crippen LogP contribution >= 0.6 is 0 Å². The van der Waals surface area contributed by atoms with E-state index >= 15 is 0 Å². The van der Waals surface area contributed by atoms with Crippen LogP contribution in [0.25, 0.3) is 0 Å². The first-order chi connectivity index (χ1) is 8.61. The van der Waals surface area contributed by atoms with Crippen molar-refractivity contribution in [1.82, 2.24) is 5.32 Å². The van der Waals surface area contributed by atoms with Crippen molar-refractivity contribution in [2.24, 2.45) is 5.92 Å². The van der Waals surface area contributed by atoms with E-state index in [4.69, 9.17) is 0 Å². The van der Waals surface area contributed by atoms with E-state index in [1.165, 1.54) is 4.90 Å². The molecule has 0 saturated carbocycles. The quantitative estimate of drug-likeness (QED) is 0.871. The number of aryl methyl sites for hydroxylation is 1. The van der Waals surface area contributed by atoms with E-state index in [2.05, 4.69) is 5.32 Å². The Kier molecular flexibility index (Phi) is 3.65. The van der Waals surface area contributed by atoms with Crippen LogP contribution < -0.4 is 10.2 Å². The van der Waals surface area contributed by atoms with Gasteiger partial charge in [-0.1, -0.05) is 31.0 Å². The van der Waals surface area contributed by atoms with Gasteiger partial charge in [-0.25, -0.2) is 9.69 Å². The highest BCUT2D eigenvalue weighted by molar-refractivity contribution is 6.14. The van der Waals surface area contributed by atoms with Gasteiger partial charge in [-0.3, -0.25) is 4.79 Å². The number of carbonyl (C=O) groups is 2. The van der Waals surface area contributed by atoms with E-state index in [9.17, 15) is 9.59 Å². The lowest BCUT2D eigenvalue weighted by Gasteiger charge is -2.18. The lowest BCUT2D eigenvalue weighted by molar-refractivity contribution is -0.118. The van der Waals surface area contributed by atoms with E-state index in [0.29, 0.717) is 18.7 Å². The molecule has 1 aromatic rings. The number of hydrogen-bond acceptors (Lipinski definition) is 2. The zero-order chi connectivity index (χ0) is 13.1. The Bertz CT molecular complexity index is 453. The number of benzene rings is 1. The van der Waals surface area contributed by atoms with Gasteiger partial charge in [0.15, 0.2) is 0 Å². The van der Waals surface area contributed by atoms with Crippen molar-refractivity contribution in [3.8, 4) is 0 Å². The summed E-state index contributed by atoms with van der Waals surface area (Å²) in [5.41, 5.74) is 1.74. The van der Waals surface area contributed by atoms with Gasteiger partial charge in [-0.15, -0.1) is 0 Å². The summed E-state index contributed by atoms with van der Waals surface area (Å²) in [5.74, 6) is 0.109. The molecule has 2 rings (SSSR count). The molecule has 3 amide bonds. The molecule has 1 aliphatic heterocycles. The molecule has 1 heterocycles. The standard InChI is InChI=1S/C14H18N2O2/c1-3-11-8-13(17)16(14(18)15-9-11)12-6-4-10(2)5-7-12/h4-7,11H,3,8-9H2,1-2H3,(H,15,18). The van der Waals surface area contributed by atoms with Gasteiger partial charge in [-0.05, 0) is 25.0 Å². The van der Waals surface area contributed by atoms with Crippen molar-refractivity contribution >= 4 is 17.6 Å². The van der Waals surface area contributed by atoms with Crippen LogP contribution in [0.15, 0.2) is 24.3 Å². The zero-order valence-electron chi connectivity index (χ0n) is 10.8. The molecule has 1 atom stereocenters. The van der Waals surface area contributed by atoms with E-state index in [1.54, 1.807) is 12.1 Å². The second-order valence-corrected chi connectivity index (χ2v) is 4.73. The molecule has 1 aliphatic rings. The summed E-state index contributed by atoms with van der Waals surface area (Å²) in [7, 11) is 0. The van der Waals surface area contributed by atoms with Crippen molar-refractivity contribution in [2.75, 3.05) is 11.4 Å². The molecule has 0 bridgehead atoms. The smallest absolute Gasteiger partial charge is 0.328 e. The van der Waals surface area contributed by atoms with Gasteiger partial charge in [-0.2, -0.15) is 0 Å². The summed E-state index contributed by atoms with van der Waals surface area (Å²) >= 11 is 0. The summed E-state index contributed by atoms with van der Waals surface area (Å²) < 4.78 is 0. The molecule has 0 aromatic heterocycles. The van der Waals surface area contributed by atoms with Crippen LogP contribution in [-0.2, 0) is 4.79 Å². The molecule has 4 heteroatoms. The van der Waals surface area contributed by atoms with Gasteiger partial charge in [0.2, 0.25) is 5.91 Å². The average Bonchev–Trinajstić information content (AvgIpc) is 2.50. The summed E-state index contributed by atoms with van der Waals surface area (Å²) in [6.45, 7) is 4.58. The first-order valence-electron chi connectivity index (χ1n) is 6.29. The fourth-order valence-electron chi connectivity index (χ4n) is 2.08. The molecule has 1 saturated heterocycles. The monoisotopic (exact) mass is 246 g/mol. The Morgan fingerprint density at radius 3 is 2.56 bits per heavy atom. The highest BCUT2D eigenvalue weighted by atomic mass is 16.2. The minimum atomic E-state index is -0.320. The van der Waals surface area contributed by atoms with Crippen molar-refractivity contribution in [3.63, 3.8) is 0 Å². The lowest BCUT2D eigenvalue weighted by atomic mass is 10.0. The molecular weight excluding hydrogens is 228 g/mol. The van der Waals surface area contributed by atoms with Crippen molar-refractivity contribution in [2.45, 2.75) is 26.7 Å². The van der Waals surface area contributed by atoms with Crippen molar-refractivity contribution in [3.05, 3.63) is 29.8 Å². The Hall–Kier alpha value is -1.84. The van der Waals surface area contributed by atoms with Crippen molar-refractivity contribution in [1.29, 1.82) is 0 Å². The number of imide groups is 1. The van der Waals surface area contributed by atoms with Gasteiger partial charge < -0.3 is 5.32 Å². The Morgan fingerprint density at radius 2 is 1.94 bits per heavy atom. The predicted molar refractivity (Wildman–Crippen MR) is 70.5 cm³/mol. The van der Waals surface area contributed by atoms with Crippen LogP contribution in [0.5, 0.6) is 0 Å². The van der Waals surface area contributed by atoms with E-state index in [1.807, 2.05) is 26.0 Å². The van der Waals surface area contributed by atoms with E-state index in [0.717, 1.165) is 12.0 Å². The summed E-state index contributed by atoms with van der Waals surface area (Å²) in [5, 5.41) is 2.81.